The first-order chi connectivity index (χ1) is 8.93. The molecule has 5 nitrogen and oxygen atoms in total. The maximum absolute atomic E-state index is 13.2. The van der Waals surface area contributed by atoms with E-state index in [1.807, 2.05) is 0 Å². The quantitative estimate of drug-likeness (QED) is 0.821. The summed E-state index contributed by atoms with van der Waals surface area (Å²) in [6.45, 7) is 2.02. The largest absolute Gasteiger partial charge is 0.396 e. The fourth-order valence-electron chi connectivity index (χ4n) is 1.69. The van der Waals surface area contributed by atoms with Gasteiger partial charge in [0.2, 0.25) is 0 Å². The molecule has 0 fully saturated rings. The summed E-state index contributed by atoms with van der Waals surface area (Å²) in [6, 6.07) is 5.46. The molecule has 0 aliphatic heterocycles. The lowest BCUT2D eigenvalue weighted by Crippen LogP contribution is -2.42. The maximum atomic E-state index is 13.2. The van der Waals surface area contributed by atoms with E-state index >= 15 is 0 Å². The lowest BCUT2D eigenvalue weighted by Gasteiger charge is -2.28. The smallest absolute Gasteiger partial charge is 0.303 e. The minimum atomic E-state index is -3.70. The van der Waals surface area contributed by atoms with E-state index in [4.69, 9.17) is 5.11 Å². The molecule has 0 bridgehead atoms. The van der Waals surface area contributed by atoms with Crippen molar-refractivity contribution >= 4 is 15.9 Å². The SMILES string of the molecule is CCN(c1cccc(F)c1)S(=O)(=O)N(C)CCCO. The highest BCUT2D eigenvalue weighted by Crippen LogP contribution is 2.20. The fraction of sp³-hybridized carbons (Fsp3) is 0.500. The molecule has 19 heavy (non-hydrogen) atoms. The van der Waals surface area contributed by atoms with Crippen LogP contribution in [-0.2, 0) is 10.2 Å². The van der Waals surface area contributed by atoms with Crippen molar-refractivity contribution < 1.29 is 17.9 Å². The van der Waals surface area contributed by atoms with E-state index in [9.17, 15) is 12.8 Å². The molecule has 0 saturated heterocycles. The number of nitrogens with zero attached hydrogens (tertiary/aromatic N) is 2. The van der Waals surface area contributed by atoms with Gasteiger partial charge in [-0.3, -0.25) is 4.31 Å². The maximum Gasteiger partial charge on any atom is 0.303 e. The summed E-state index contributed by atoms with van der Waals surface area (Å²) in [6.07, 6.45) is 0.358. The normalized spacial score (nSPS) is 11.8. The van der Waals surface area contributed by atoms with Crippen molar-refractivity contribution in [3.63, 3.8) is 0 Å². The van der Waals surface area contributed by atoms with E-state index in [1.54, 1.807) is 13.0 Å². The van der Waals surface area contributed by atoms with Crippen LogP contribution in [-0.4, -0.2) is 44.6 Å². The predicted octanol–water partition coefficient (Wildman–Crippen LogP) is 1.21. The second kappa shape index (κ2) is 6.83. The van der Waals surface area contributed by atoms with Gasteiger partial charge in [0.1, 0.15) is 5.82 Å². The molecule has 0 spiro atoms. The highest BCUT2D eigenvalue weighted by atomic mass is 32.2. The second-order valence-electron chi connectivity index (χ2n) is 4.05. The van der Waals surface area contributed by atoms with Crippen LogP contribution in [0.15, 0.2) is 24.3 Å². The van der Waals surface area contributed by atoms with E-state index in [-0.39, 0.29) is 19.7 Å². The third-order valence-electron chi connectivity index (χ3n) is 2.69. The molecule has 108 valence electrons. The summed E-state index contributed by atoms with van der Waals surface area (Å²) in [4.78, 5) is 0. The molecule has 7 heteroatoms. The van der Waals surface area contributed by atoms with Gasteiger partial charge in [0.25, 0.3) is 0 Å². The first kappa shape index (κ1) is 15.9. The highest BCUT2D eigenvalue weighted by Gasteiger charge is 2.25. The van der Waals surface area contributed by atoms with Crippen molar-refractivity contribution in [3.05, 3.63) is 30.1 Å². The molecule has 0 aromatic heterocycles. The predicted molar refractivity (Wildman–Crippen MR) is 72.7 cm³/mol. The molecule has 0 unspecified atom stereocenters. The Kier molecular flexibility index (Phi) is 5.71. The molecule has 0 amide bonds. The van der Waals surface area contributed by atoms with Gasteiger partial charge in [0, 0.05) is 26.7 Å². The van der Waals surface area contributed by atoms with Crippen molar-refractivity contribution in [2.75, 3.05) is 31.0 Å². The van der Waals surface area contributed by atoms with Crippen LogP contribution in [0.4, 0.5) is 10.1 Å². The number of hydrogen-bond donors (Lipinski definition) is 1. The number of hydrogen-bond acceptors (Lipinski definition) is 3. The number of rotatable bonds is 7. The Bertz CT molecular complexity index is 507. The molecule has 0 saturated carbocycles. The van der Waals surface area contributed by atoms with Gasteiger partial charge in [0.05, 0.1) is 5.69 Å². The van der Waals surface area contributed by atoms with Crippen molar-refractivity contribution in [1.29, 1.82) is 0 Å². The zero-order chi connectivity index (χ0) is 14.5. The number of aliphatic hydroxyl groups is 1. The standard InChI is InChI=1S/C12H19FN2O3S/c1-3-15(12-7-4-6-11(13)10-12)19(17,18)14(2)8-5-9-16/h4,6-7,10,16H,3,5,8-9H2,1-2H3. The minimum absolute atomic E-state index is 0.0774. The molecular formula is C12H19FN2O3S. The van der Waals surface area contributed by atoms with Crippen LogP contribution in [0.3, 0.4) is 0 Å². The Morgan fingerprint density at radius 2 is 2.05 bits per heavy atom. The summed E-state index contributed by atoms with van der Waals surface area (Å²) in [5.74, 6) is -0.482. The van der Waals surface area contributed by atoms with Gasteiger partial charge in [-0.2, -0.15) is 12.7 Å². The molecule has 0 aliphatic carbocycles. The number of benzene rings is 1. The molecular weight excluding hydrogens is 271 g/mol. The average molecular weight is 290 g/mol. The Morgan fingerprint density at radius 1 is 1.37 bits per heavy atom. The van der Waals surface area contributed by atoms with E-state index in [2.05, 4.69) is 0 Å². The van der Waals surface area contributed by atoms with Crippen LogP contribution < -0.4 is 4.31 Å². The Labute approximate surface area is 113 Å². The van der Waals surface area contributed by atoms with Crippen molar-refractivity contribution in [2.24, 2.45) is 0 Å². The second-order valence-corrected chi connectivity index (χ2v) is 6.01. The van der Waals surface area contributed by atoms with E-state index < -0.39 is 16.0 Å². The molecule has 1 aromatic carbocycles. The van der Waals surface area contributed by atoms with Gasteiger partial charge in [0.15, 0.2) is 0 Å². The lowest BCUT2D eigenvalue weighted by molar-refractivity contribution is 0.275. The van der Waals surface area contributed by atoms with Gasteiger partial charge in [-0.1, -0.05) is 6.07 Å². The van der Waals surface area contributed by atoms with Crippen LogP contribution in [0.2, 0.25) is 0 Å². The van der Waals surface area contributed by atoms with E-state index in [0.29, 0.717) is 12.1 Å². The number of aliphatic hydroxyl groups excluding tert-OH is 1. The summed E-state index contributed by atoms with van der Waals surface area (Å²) in [5, 5.41) is 8.75. The Morgan fingerprint density at radius 3 is 2.58 bits per heavy atom. The molecule has 1 N–H and O–H groups in total. The zero-order valence-electron chi connectivity index (χ0n) is 11.1. The molecule has 1 aromatic rings. The van der Waals surface area contributed by atoms with Gasteiger partial charge in [-0.05, 0) is 31.5 Å². The summed E-state index contributed by atoms with van der Waals surface area (Å²) in [5.41, 5.74) is 0.290. The van der Waals surface area contributed by atoms with Gasteiger partial charge in [-0.25, -0.2) is 4.39 Å². The van der Waals surface area contributed by atoms with Gasteiger partial charge < -0.3 is 5.11 Å². The van der Waals surface area contributed by atoms with Crippen molar-refractivity contribution in [1.82, 2.24) is 4.31 Å². The molecule has 0 radical (unpaired) electrons. The third kappa shape index (κ3) is 3.89. The van der Waals surface area contributed by atoms with Crippen molar-refractivity contribution in [3.8, 4) is 0 Å². The van der Waals surface area contributed by atoms with Crippen LogP contribution in [0.5, 0.6) is 0 Å². The Hall–Kier alpha value is -1.18. The number of anilines is 1. The van der Waals surface area contributed by atoms with Crippen LogP contribution >= 0.6 is 0 Å². The highest BCUT2D eigenvalue weighted by molar-refractivity contribution is 7.90. The summed E-state index contributed by atoms with van der Waals surface area (Å²) >= 11 is 0. The topological polar surface area (TPSA) is 60.9 Å². The van der Waals surface area contributed by atoms with E-state index in [1.165, 1.54) is 25.2 Å². The van der Waals surface area contributed by atoms with Crippen LogP contribution in [0.1, 0.15) is 13.3 Å². The fourth-order valence-corrected chi connectivity index (χ4v) is 3.09. The van der Waals surface area contributed by atoms with Gasteiger partial charge >= 0.3 is 10.2 Å². The number of halogens is 1. The van der Waals surface area contributed by atoms with Gasteiger partial charge in [-0.15, -0.1) is 0 Å². The Balaban J connectivity index is 3.01. The first-order valence-corrected chi connectivity index (χ1v) is 7.43. The zero-order valence-corrected chi connectivity index (χ0v) is 11.9. The third-order valence-corrected chi connectivity index (χ3v) is 4.68. The van der Waals surface area contributed by atoms with E-state index in [0.717, 1.165) is 8.61 Å². The molecule has 0 atom stereocenters. The van der Waals surface area contributed by atoms with Crippen LogP contribution in [0, 0.1) is 5.82 Å². The monoisotopic (exact) mass is 290 g/mol. The van der Waals surface area contributed by atoms with Crippen LogP contribution in [0.25, 0.3) is 0 Å². The lowest BCUT2D eigenvalue weighted by atomic mass is 10.3. The molecule has 0 aliphatic rings. The van der Waals surface area contributed by atoms with Crippen molar-refractivity contribution in [2.45, 2.75) is 13.3 Å². The molecule has 0 heterocycles. The summed E-state index contributed by atoms with van der Waals surface area (Å²) in [7, 11) is -2.27. The molecule has 1 rings (SSSR count). The minimum Gasteiger partial charge on any atom is -0.396 e. The summed E-state index contributed by atoms with van der Waals surface area (Å²) < 4.78 is 40.1. The average Bonchev–Trinajstić information content (AvgIpc) is 2.36. The first-order valence-electron chi connectivity index (χ1n) is 6.04.